The number of halogens is 1. The standard InChI is InChI=1S/C19H12BrN3O5S/c20-10-5-6-13-11(7-10)17(26)18(27)23(13)8-16(25)28-9-15(24)22-19-21-12-3-1-2-4-14(12)29-19/h1-7H,8-9H2,(H,21,22,24). The average Bonchev–Trinajstić information content (AvgIpc) is 3.20. The van der Waals surface area contributed by atoms with Gasteiger partial charge < -0.3 is 4.74 Å². The summed E-state index contributed by atoms with van der Waals surface area (Å²) in [4.78, 5) is 53.6. The van der Waals surface area contributed by atoms with Gasteiger partial charge >= 0.3 is 5.97 Å². The van der Waals surface area contributed by atoms with Gasteiger partial charge in [0.05, 0.1) is 21.5 Å². The molecule has 4 rings (SSSR count). The van der Waals surface area contributed by atoms with Crippen LogP contribution in [0.25, 0.3) is 10.2 Å². The lowest BCUT2D eigenvalue weighted by Crippen LogP contribution is -2.36. The number of esters is 1. The molecule has 8 nitrogen and oxygen atoms in total. The zero-order valence-electron chi connectivity index (χ0n) is 14.7. The Balaban J connectivity index is 1.35. The third-order valence-electron chi connectivity index (χ3n) is 4.13. The van der Waals surface area contributed by atoms with Crippen LogP contribution in [-0.4, -0.2) is 41.7 Å². The van der Waals surface area contributed by atoms with Gasteiger partial charge in [0.1, 0.15) is 6.54 Å². The lowest BCUT2D eigenvalue weighted by Gasteiger charge is -2.15. The van der Waals surface area contributed by atoms with Crippen LogP contribution in [0.1, 0.15) is 10.4 Å². The van der Waals surface area contributed by atoms with Crippen molar-refractivity contribution in [1.29, 1.82) is 0 Å². The van der Waals surface area contributed by atoms with Crippen LogP contribution in [0, 0.1) is 0 Å². The van der Waals surface area contributed by atoms with E-state index < -0.39 is 36.7 Å². The Morgan fingerprint density at radius 2 is 1.97 bits per heavy atom. The summed E-state index contributed by atoms with van der Waals surface area (Å²) < 4.78 is 6.51. The second-order valence-corrected chi connectivity index (χ2v) is 8.02. The molecule has 0 bridgehead atoms. The smallest absolute Gasteiger partial charge is 0.326 e. The second-order valence-electron chi connectivity index (χ2n) is 6.08. The van der Waals surface area contributed by atoms with Gasteiger partial charge in [-0.3, -0.25) is 29.4 Å². The average molecular weight is 474 g/mol. The molecule has 1 N–H and O–H groups in total. The second kappa shape index (κ2) is 7.72. The number of amides is 2. The number of rotatable bonds is 5. The van der Waals surface area contributed by atoms with E-state index >= 15 is 0 Å². The van der Waals surface area contributed by atoms with Gasteiger partial charge in [-0.05, 0) is 30.3 Å². The van der Waals surface area contributed by atoms with E-state index in [4.69, 9.17) is 4.74 Å². The van der Waals surface area contributed by atoms with Crippen LogP contribution in [0.2, 0.25) is 0 Å². The molecule has 1 aromatic heterocycles. The predicted molar refractivity (Wildman–Crippen MR) is 110 cm³/mol. The van der Waals surface area contributed by atoms with E-state index in [0.29, 0.717) is 15.3 Å². The van der Waals surface area contributed by atoms with Crippen LogP contribution in [0.5, 0.6) is 0 Å². The molecule has 0 radical (unpaired) electrons. The zero-order chi connectivity index (χ0) is 20.5. The molecule has 2 aromatic carbocycles. The van der Waals surface area contributed by atoms with Crippen molar-refractivity contribution in [2.45, 2.75) is 0 Å². The number of carbonyl (C=O) groups excluding carboxylic acids is 4. The Bertz CT molecular complexity index is 1140. The van der Waals surface area contributed by atoms with E-state index in [1.807, 2.05) is 24.3 Å². The number of aromatic nitrogens is 1. The molecule has 0 saturated carbocycles. The number of anilines is 2. The van der Waals surface area contributed by atoms with Crippen molar-refractivity contribution in [2.75, 3.05) is 23.4 Å². The Morgan fingerprint density at radius 3 is 2.76 bits per heavy atom. The van der Waals surface area contributed by atoms with Crippen LogP contribution in [0.4, 0.5) is 10.8 Å². The Kier molecular flexibility index (Phi) is 5.12. The fourth-order valence-corrected chi connectivity index (χ4v) is 4.07. The maximum absolute atomic E-state index is 12.1. The molecular formula is C19H12BrN3O5S. The van der Waals surface area contributed by atoms with Gasteiger partial charge in [0, 0.05) is 4.47 Å². The molecule has 0 spiro atoms. The van der Waals surface area contributed by atoms with Crippen molar-refractivity contribution < 1.29 is 23.9 Å². The van der Waals surface area contributed by atoms with Gasteiger partial charge in [-0.25, -0.2) is 4.98 Å². The number of carbonyl (C=O) groups is 4. The largest absolute Gasteiger partial charge is 0.454 e. The molecular weight excluding hydrogens is 462 g/mol. The Hall–Kier alpha value is -3.11. The van der Waals surface area contributed by atoms with Gasteiger partial charge in [-0.15, -0.1) is 0 Å². The van der Waals surface area contributed by atoms with E-state index in [9.17, 15) is 19.2 Å². The summed E-state index contributed by atoms with van der Waals surface area (Å²) in [5, 5.41) is 2.96. The van der Waals surface area contributed by atoms with Crippen molar-refractivity contribution >= 4 is 71.9 Å². The van der Waals surface area contributed by atoms with Crippen LogP contribution >= 0.6 is 27.3 Å². The molecule has 0 atom stereocenters. The number of nitrogens with one attached hydrogen (secondary N) is 1. The first kappa shape index (κ1) is 19.2. The maximum Gasteiger partial charge on any atom is 0.326 e. The monoisotopic (exact) mass is 473 g/mol. The van der Waals surface area contributed by atoms with Gasteiger partial charge in [-0.2, -0.15) is 0 Å². The Morgan fingerprint density at radius 1 is 1.17 bits per heavy atom. The molecule has 0 saturated heterocycles. The van der Waals surface area contributed by atoms with Crippen LogP contribution in [0.15, 0.2) is 46.9 Å². The van der Waals surface area contributed by atoms with Crippen LogP contribution in [-0.2, 0) is 19.1 Å². The minimum atomic E-state index is -0.811. The molecule has 146 valence electrons. The summed E-state index contributed by atoms with van der Waals surface area (Å²) in [5.74, 6) is -2.86. The molecule has 1 aliphatic rings. The first-order valence-electron chi connectivity index (χ1n) is 8.39. The van der Waals surface area contributed by atoms with E-state index in [2.05, 4.69) is 26.2 Å². The van der Waals surface area contributed by atoms with Crippen molar-refractivity contribution in [2.24, 2.45) is 0 Å². The van der Waals surface area contributed by atoms with E-state index in [1.54, 1.807) is 12.1 Å². The van der Waals surface area contributed by atoms with Crippen LogP contribution in [0.3, 0.4) is 0 Å². The molecule has 2 heterocycles. The third-order valence-corrected chi connectivity index (χ3v) is 5.57. The predicted octanol–water partition coefficient (Wildman–Crippen LogP) is 2.77. The van der Waals surface area contributed by atoms with Crippen molar-refractivity contribution in [3.05, 3.63) is 52.5 Å². The molecule has 0 fully saturated rings. The van der Waals surface area contributed by atoms with E-state index in [0.717, 1.165) is 15.1 Å². The molecule has 0 unspecified atom stereocenters. The van der Waals surface area contributed by atoms with Crippen LogP contribution < -0.4 is 10.2 Å². The molecule has 29 heavy (non-hydrogen) atoms. The number of hydrogen-bond donors (Lipinski definition) is 1. The fourth-order valence-electron chi connectivity index (χ4n) is 2.83. The summed E-state index contributed by atoms with van der Waals surface area (Å²) in [6, 6.07) is 12.2. The number of benzene rings is 2. The van der Waals surface area contributed by atoms with Gasteiger partial charge in [0.25, 0.3) is 17.6 Å². The van der Waals surface area contributed by atoms with E-state index in [-0.39, 0.29) is 5.56 Å². The number of thiazole rings is 1. The number of nitrogens with zero attached hydrogens (tertiary/aromatic N) is 2. The summed E-state index contributed by atoms with van der Waals surface area (Å²) in [6.45, 7) is -0.994. The molecule has 10 heteroatoms. The number of ketones is 1. The van der Waals surface area contributed by atoms with Gasteiger partial charge in [0.15, 0.2) is 11.7 Å². The quantitative estimate of drug-likeness (QED) is 0.451. The van der Waals surface area contributed by atoms with Gasteiger partial charge in [-0.1, -0.05) is 39.4 Å². The lowest BCUT2D eigenvalue weighted by molar-refractivity contribution is -0.146. The van der Waals surface area contributed by atoms with Crippen molar-refractivity contribution in [3.8, 4) is 0 Å². The normalized spacial score (nSPS) is 12.9. The Labute approximate surface area is 176 Å². The highest BCUT2D eigenvalue weighted by Crippen LogP contribution is 2.31. The first-order chi connectivity index (χ1) is 13.9. The van der Waals surface area contributed by atoms with Crippen molar-refractivity contribution in [1.82, 2.24) is 4.98 Å². The number of ether oxygens (including phenoxy) is 1. The molecule has 2 amide bonds. The third kappa shape index (κ3) is 3.89. The zero-order valence-corrected chi connectivity index (χ0v) is 17.1. The fraction of sp³-hybridized carbons (Fsp3) is 0.105. The highest BCUT2D eigenvalue weighted by Gasteiger charge is 2.37. The summed E-state index contributed by atoms with van der Waals surface area (Å²) in [7, 11) is 0. The van der Waals surface area contributed by atoms with Crippen molar-refractivity contribution in [3.63, 3.8) is 0 Å². The summed E-state index contributed by atoms with van der Waals surface area (Å²) >= 11 is 4.54. The molecule has 1 aliphatic heterocycles. The number of fused-ring (bicyclic) bond motifs is 2. The molecule has 3 aromatic rings. The summed E-state index contributed by atoms with van der Waals surface area (Å²) in [6.07, 6.45) is 0. The SMILES string of the molecule is O=C(COC(=O)CN1C(=O)C(=O)c2cc(Br)ccc21)Nc1nc2ccccc2s1. The maximum atomic E-state index is 12.1. The highest BCUT2D eigenvalue weighted by molar-refractivity contribution is 9.10. The number of hydrogen-bond acceptors (Lipinski definition) is 7. The summed E-state index contributed by atoms with van der Waals surface area (Å²) in [5.41, 5.74) is 1.30. The minimum Gasteiger partial charge on any atom is -0.454 e. The number of Topliss-reactive ketones (excluding diaryl/α,β-unsaturated/α-hetero) is 1. The topological polar surface area (TPSA) is 106 Å². The minimum absolute atomic E-state index is 0.214. The van der Waals surface area contributed by atoms with Gasteiger partial charge in [0.2, 0.25) is 0 Å². The number of para-hydroxylation sites is 1. The van der Waals surface area contributed by atoms with E-state index in [1.165, 1.54) is 17.4 Å². The molecule has 0 aliphatic carbocycles. The highest BCUT2D eigenvalue weighted by atomic mass is 79.9. The lowest BCUT2D eigenvalue weighted by atomic mass is 10.1. The first-order valence-corrected chi connectivity index (χ1v) is 10.00.